The molecule has 118 valence electrons. The van der Waals surface area contributed by atoms with Gasteiger partial charge in [0.2, 0.25) is 5.82 Å². The van der Waals surface area contributed by atoms with Gasteiger partial charge in [-0.1, -0.05) is 59.3 Å². The second kappa shape index (κ2) is 6.29. The molecule has 0 radical (unpaired) electrons. The molecular weight excluding hydrogens is 324 g/mol. The highest BCUT2D eigenvalue weighted by atomic mass is 35.5. The van der Waals surface area contributed by atoms with Gasteiger partial charge in [0.25, 0.3) is 0 Å². The first-order valence-corrected chi connectivity index (χ1v) is 7.82. The standard InChI is InChI=1S/C18H13ClN4O/c19-14-8-5-13(6-9-14)18-15-4-2-1-3-12(15)7-10-16(18)24-11-17-20-22-23-21-17/h1-10H,11H2,(H,20,21,22,23). The SMILES string of the molecule is Clc1ccc(-c2c(OCc3nn[nH]n3)ccc3ccccc23)cc1. The molecule has 0 aliphatic carbocycles. The van der Waals surface area contributed by atoms with Crippen LogP contribution in [-0.4, -0.2) is 20.6 Å². The van der Waals surface area contributed by atoms with E-state index in [2.05, 4.69) is 32.8 Å². The molecule has 1 heterocycles. The van der Waals surface area contributed by atoms with Crippen LogP contribution in [0.1, 0.15) is 5.82 Å². The van der Waals surface area contributed by atoms with Crippen LogP contribution in [0.2, 0.25) is 5.02 Å². The highest BCUT2D eigenvalue weighted by Crippen LogP contribution is 2.37. The number of benzene rings is 3. The first-order chi connectivity index (χ1) is 11.8. The summed E-state index contributed by atoms with van der Waals surface area (Å²) < 4.78 is 5.96. The summed E-state index contributed by atoms with van der Waals surface area (Å²) in [7, 11) is 0. The third-order valence-corrected chi connectivity index (χ3v) is 4.02. The van der Waals surface area contributed by atoms with E-state index >= 15 is 0 Å². The number of H-pyrrole nitrogens is 1. The lowest BCUT2D eigenvalue weighted by atomic mass is 9.97. The number of tetrazole rings is 1. The van der Waals surface area contributed by atoms with Crippen molar-refractivity contribution in [3.05, 3.63) is 71.5 Å². The van der Waals surface area contributed by atoms with Gasteiger partial charge in [-0.25, -0.2) is 0 Å². The maximum Gasteiger partial charge on any atom is 0.211 e. The van der Waals surface area contributed by atoms with Crippen molar-refractivity contribution in [3.63, 3.8) is 0 Å². The van der Waals surface area contributed by atoms with Crippen molar-refractivity contribution in [2.75, 3.05) is 0 Å². The van der Waals surface area contributed by atoms with Crippen LogP contribution in [0.4, 0.5) is 0 Å². The highest BCUT2D eigenvalue weighted by molar-refractivity contribution is 6.30. The average Bonchev–Trinajstić information content (AvgIpc) is 3.14. The van der Waals surface area contributed by atoms with Gasteiger partial charge in [0, 0.05) is 10.6 Å². The lowest BCUT2D eigenvalue weighted by Gasteiger charge is -2.14. The Morgan fingerprint density at radius 2 is 1.79 bits per heavy atom. The van der Waals surface area contributed by atoms with Gasteiger partial charge in [-0.15, -0.1) is 10.2 Å². The van der Waals surface area contributed by atoms with Gasteiger partial charge in [-0.2, -0.15) is 5.21 Å². The predicted molar refractivity (Wildman–Crippen MR) is 92.9 cm³/mol. The number of aromatic nitrogens is 4. The van der Waals surface area contributed by atoms with Crippen molar-refractivity contribution in [1.82, 2.24) is 20.6 Å². The predicted octanol–water partition coefficient (Wildman–Crippen LogP) is 4.25. The van der Waals surface area contributed by atoms with Crippen LogP contribution in [0.3, 0.4) is 0 Å². The summed E-state index contributed by atoms with van der Waals surface area (Å²) >= 11 is 6.03. The fourth-order valence-corrected chi connectivity index (χ4v) is 2.80. The van der Waals surface area contributed by atoms with Crippen LogP contribution in [0, 0.1) is 0 Å². The van der Waals surface area contributed by atoms with E-state index in [0.717, 1.165) is 27.6 Å². The minimum absolute atomic E-state index is 0.245. The Hall–Kier alpha value is -2.92. The van der Waals surface area contributed by atoms with Crippen molar-refractivity contribution in [1.29, 1.82) is 0 Å². The van der Waals surface area contributed by atoms with E-state index in [-0.39, 0.29) is 6.61 Å². The molecule has 0 aliphatic heterocycles. The summed E-state index contributed by atoms with van der Waals surface area (Å²) in [5.41, 5.74) is 2.06. The summed E-state index contributed by atoms with van der Waals surface area (Å²) in [6.45, 7) is 0.245. The number of hydrogen-bond donors (Lipinski definition) is 1. The molecule has 0 saturated heterocycles. The van der Waals surface area contributed by atoms with E-state index in [1.807, 2.05) is 48.5 Å². The van der Waals surface area contributed by atoms with Gasteiger partial charge in [0.1, 0.15) is 5.75 Å². The summed E-state index contributed by atoms with van der Waals surface area (Å²) in [4.78, 5) is 0. The van der Waals surface area contributed by atoms with Crippen LogP contribution in [0.5, 0.6) is 5.75 Å². The Morgan fingerprint density at radius 3 is 2.58 bits per heavy atom. The summed E-state index contributed by atoms with van der Waals surface area (Å²) in [6, 6.07) is 19.9. The molecule has 1 aromatic heterocycles. The fraction of sp³-hybridized carbons (Fsp3) is 0.0556. The molecule has 4 aromatic rings. The molecular formula is C18H13ClN4O. The second-order valence-corrected chi connectivity index (χ2v) is 5.72. The molecule has 0 spiro atoms. The molecule has 0 bridgehead atoms. The topological polar surface area (TPSA) is 63.7 Å². The summed E-state index contributed by atoms with van der Waals surface area (Å²) in [5.74, 6) is 1.27. The van der Waals surface area contributed by atoms with Crippen molar-refractivity contribution < 1.29 is 4.74 Å². The molecule has 24 heavy (non-hydrogen) atoms. The monoisotopic (exact) mass is 336 g/mol. The molecule has 1 N–H and O–H groups in total. The number of fused-ring (bicyclic) bond motifs is 1. The van der Waals surface area contributed by atoms with E-state index in [1.165, 1.54) is 0 Å². The molecule has 0 unspecified atom stereocenters. The number of halogens is 1. The third kappa shape index (κ3) is 2.81. The average molecular weight is 337 g/mol. The van der Waals surface area contributed by atoms with Crippen molar-refractivity contribution in [3.8, 4) is 16.9 Å². The summed E-state index contributed by atoms with van der Waals surface area (Å²) in [5, 5.41) is 16.8. The molecule has 0 aliphatic rings. The lowest BCUT2D eigenvalue weighted by Crippen LogP contribution is -1.99. The van der Waals surface area contributed by atoms with Gasteiger partial charge < -0.3 is 4.74 Å². The zero-order chi connectivity index (χ0) is 16.4. The maximum atomic E-state index is 6.03. The summed E-state index contributed by atoms with van der Waals surface area (Å²) in [6.07, 6.45) is 0. The largest absolute Gasteiger partial charge is 0.485 e. The zero-order valence-corrected chi connectivity index (χ0v) is 13.4. The second-order valence-electron chi connectivity index (χ2n) is 5.28. The van der Waals surface area contributed by atoms with Crippen molar-refractivity contribution in [2.45, 2.75) is 6.61 Å². The first-order valence-electron chi connectivity index (χ1n) is 7.44. The van der Waals surface area contributed by atoms with E-state index in [0.29, 0.717) is 10.8 Å². The quantitative estimate of drug-likeness (QED) is 0.605. The molecule has 3 aromatic carbocycles. The number of nitrogens with zero attached hydrogens (tertiary/aromatic N) is 3. The Morgan fingerprint density at radius 1 is 0.958 bits per heavy atom. The third-order valence-electron chi connectivity index (χ3n) is 3.77. The first kappa shape index (κ1) is 14.7. The Labute approximate surface area is 143 Å². The number of aromatic amines is 1. The minimum Gasteiger partial charge on any atom is -0.485 e. The van der Waals surface area contributed by atoms with Crippen LogP contribution in [-0.2, 0) is 6.61 Å². The zero-order valence-electron chi connectivity index (χ0n) is 12.6. The van der Waals surface area contributed by atoms with Crippen LogP contribution in [0.25, 0.3) is 21.9 Å². The Kier molecular flexibility index (Phi) is 3.84. The molecule has 5 nitrogen and oxygen atoms in total. The van der Waals surface area contributed by atoms with Crippen molar-refractivity contribution in [2.24, 2.45) is 0 Å². The van der Waals surface area contributed by atoms with Gasteiger partial charge in [0.15, 0.2) is 6.61 Å². The van der Waals surface area contributed by atoms with Crippen LogP contribution < -0.4 is 4.74 Å². The van der Waals surface area contributed by atoms with Gasteiger partial charge in [-0.3, -0.25) is 0 Å². The highest BCUT2D eigenvalue weighted by Gasteiger charge is 2.12. The molecule has 0 amide bonds. The number of ether oxygens (including phenoxy) is 1. The fourth-order valence-electron chi connectivity index (χ4n) is 2.67. The lowest BCUT2D eigenvalue weighted by molar-refractivity contribution is 0.297. The molecule has 0 saturated carbocycles. The van der Waals surface area contributed by atoms with Gasteiger partial charge in [-0.05, 0) is 34.5 Å². The van der Waals surface area contributed by atoms with E-state index in [9.17, 15) is 0 Å². The molecule has 0 fully saturated rings. The Balaban J connectivity index is 1.83. The van der Waals surface area contributed by atoms with Crippen LogP contribution >= 0.6 is 11.6 Å². The van der Waals surface area contributed by atoms with E-state index < -0.39 is 0 Å². The normalized spacial score (nSPS) is 10.9. The van der Waals surface area contributed by atoms with Crippen molar-refractivity contribution >= 4 is 22.4 Å². The number of rotatable bonds is 4. The van der Waals surface area contributed by atoms with Crippen LogP contribution in [0.15, 0.2) is 60.7 Å². The molecule has 4 rings (SSSR count). The van der Waals surface area contributed by atoms with E-state index in [4.69, 9.17) is 16.3 Å². The van der Waals surface area contributed by atoms with E-state index in [1.54, 1.807) is 0 Å². The number of hydrogen-bond acceptors (Lipinski definition) is 4. The molecule has 6 heteroatoms. The maximum absolute atomic E-state index is 6.03. The minimum atomic E-state index is 0.245. The van der Waals surface area contributed by atoms with Gasteiger partial charge in [0.05, 0.1) is 0 Å². The molecule has 0 atom stereocenters. The van der Waals surface area contributed by atoms with Gasteiger partial charge >= 0.3 is 0 Å². The Bertz CT molecular complexity index is 968. The smallest absolute Gasteiger partial charge is 0.211 e. The number of nitrogens with one attached hydrogen (secondary N) is 1.